The second kappa shape index (κ2) is 1.96. The number of hydrogen-bond donors (Lipinski definition) is 0. The highest BCUT2D eigenvalue weighted by Gasteiger charge is 2.22. The molecule has 0 N–H and O–H groups in total. The van der Waals surface area contributed by atoms with Crippen LogP contribution in [0.5, 0.6) is 0 Å². The van der Waals surface area contributed by atoms with E-state index in [9.17, 15) is 0 Å². The second-order valence-electron chi connectivity index (χ2n) is 2.70. The van der Waals surface area contributed by atoms with E-state index in [1.54, 1.807) is 0 Å². The van der Waals surface area contributed by atoms with Crippen LogP contribution < -0.4 is 0 Å². The SMILES string of the molecule is CC1=C=CC2C=CC=N[C@H]12. The van der Waals surface area contributed by atoms with E-state index in [0.717, 1.165) is 0 Å². The number of hydrogen-bond acceptors (Lipinski definition) is 1. The van der Waals surface area contributed by atoms with Crippen molar-refractivity contribution in [1.29, 1.82) is 0 Å². The van der Waals surface area contributed by atoms with Gasteiger partial charge in [-0.15, -0.1) is 5.73 Å². The Morgan fingerprint density at radius 3 is 3.30 bits per heavy atom. The van der Waals surface area contributed by atoms with Gasteiger partial charge in [0.25, 0.3) is 0 Å². The fourth-order valence-electron chi connectivity index (χ4n) is 1.39. The molecule has 0 radical (unpaired) electrons. The van der Waals surface area contributed by atoms with Crippen molar-refractivity contribution in [3.63, 3.8) is 0 Å². The van der Waals surface area contributed by atoms with Crippen molar-refractivity contribution in [2.24, 2.45) is 10.9 Å². The fourth-order valence-corrected chi connectivity index (χ4v) is 1.39. The zero-order chi connectivity index (χ0) is 6.97. The molecule has 0 aromatic heterocycles. The number of dihydropyridines is 1. The van der Waals surface area contributed by atoms with Crippen molar-refractivity contribution in [3.8, 4) is 0 Å². The monoisotopic (exact) mass is 131 g/mol. The molecule has 1 heteroatoms. The number of rotatable bonds is 0. The maximum absolute atomic E-state index is 4.33. The molecule has 0 saturated carbocycles. The zero-order valence-electron chi connectivity index (χ0n) is 5.91. The quantitative estimate of drug-likeness (QED) is 0.444. The molecule has 1 aliphatic carbocycles. The van der Waals surface area contributed by atoms with E-state index >= 15 is 0 Å². The lowest BCUT2D eigenvalue weighted by molar-refractivity contribution is 0.679. The molecule has 2 rings (SSSR count). The first kappa shape index (κ1) is 5.70. The first-order valence-electron chi connectivity index (χ1n) is 3.51. The van der Waals surface area contributed by atoms with E-state index in [1.165, 1.54) is 5.57 Å². The molecule has 0 fully saturated rings. The van der Waals surface area contributed by atoms with E-state index in [4.69, 9.17) is 0 Å². The van der Waals surface area contributed by atoms with E-state index in [1.807, 2.05) is 12.3 Å². The van der Waals surface area contributed by atoms with Crippen molar-refractivity contribution < 1.29 is 0 Å². The van der Waals surface area contributed by atoms with E-state index < -0.39 is 0 Å². The van der Waals surface area contributed by atoms with Gasteiger partial charge in [0, 0.05) is 12.1 Å². The van der Waals surface area contributed by atoms with Gasteiger partial charge in [-0.3, -0.25) is 4.99 Å². The molecular weight excluding hydrogens is 122 g/mol. The number of aliphatic imine (C=N–C) groups is 1. The van der Waals surface area contributed by atoms with E-state index in [0.29, 0.717) is 12.0 Å². The summed E-state index contributed by atoms with van der Waals surface area (Å²) in [5, 5.41) is 0. The lowest BCUT2D eigenvalue weighted by Crippen LogP contribution is -2.14. The predicted molar refractivity (Wildman–Crippen MR) is 42.2 cm³/mol. The molecule has 2 aliphatic rings. The molecule has 50 valence electrons. The molecule has 1 nitrogen and oxygen atoms in total. The highest BCUT2D eigenvalue weighted by Crippen LogP contribution is 2.25. The van der Waals surface area contributed by atoms with Crippen LogP contribution in [0.15, 0.2) is 34.5 Å². The van der Waals surface area contributed by atoms with Crippen LogP contribution in [0.25, 0.3) is 0 Å². The van der Waals surface area contributed by atoms with Crippen LogP contribution in [-0.4, -0.2) is 12.3 Å². The second-order valence-corrected chi connectivity index (χ2v) is 2.70. The summed E-state index contributed by atoms with van der Waals surface area (Å²) < 4.78 is 0. The molecule has 10 heavy (non-hydrogen) atoms. The molecule has 1 unspecified atom stereocenters. The van der Waals surface area contributed by atoms with Crippen molar-refractivity contribution in [1.82, 2.24) is 0 Å². The summed E-state index contributed by atoms with van der Waals surface area (Å²) in [6.45, 7) is 2.08. The lowest BCUT2D eigenvalue weighted by atomic mass is 9.98. The van der Waals surface area contributed by atoms with Crippen LogP contribution in [0.3, 0.4) is 0 Å². The third kappa shape index (κ3) is 0.680. The molecule has 1 aliphatic heterocycles. The van der Waals surface area contributed by atoms with Gasteiger partial charge in [0.1, 0.15) is 0 Å². The molecule has 0 spiro atoms. The molecule has 0 aromatic carbocycles. The first-order chi connectivity index (χ1) is 4.88. The molecule has 2 atom stereocenters. The molecule has 0 saturated heterocycles. The number of nitrogens with zero attached hydrogens (tertiary/aromatic N) is 1. The summed E-state index contributed by atoms with van der Waals surface area (Å²) in [5.74, 6) is 0.491. The molecule has 0 aromatic rings. The maximum atomic E-state index is 4.33. The normalized spacial score (nSPS) is 34.3. The fraction of sp³-hybridized carbons (Fsp3) is 0.333. The smallest absolute Gasteiger partial charge is 0.0883 e. The standard InChI is InChI=1S/C9H9N/c1-7-4-5-8-3-2-6-10-9(7)8/h2-3,5-6,8-9H,1H3/t8?,9-/m1/s1. The Morgan fingerprint density at radius 1 is 1.60 bits per heavy atom. The van der Waals surface area contributed by atoms with Crippen molar-refractivity contribution in [2.75, 3.05) is 0 Å². The summed E-state index contributed by atoms with van der Waals surface area (Å²) in [5.41, 5.74) is 4.44. The molecular formula is C9H9N. The predicted octanol–water partition coefficient (Wildman–Crippen LogP) is 1.73. The van der Waals surface area contributed by atoms with Gasteiger partial charge in [0.15, 0.2) is 0 Å². The molecule has 0 amide bonds. The van der Waals surface area contributed by atoms with E-state index in [-0.39, 0.29) is 0 Å². The Labute approximate surface area is 60.5 Å². The van der Waals surface area contributed by atoms with Crippen LogP contribution >= 0.6 is 0 Å². The summed E-state index contributed by atoms with van der Waals surface area (Å²) in [6.07, 6.45) is 8.12. The van der Waals surface area contributed by atoms with Gasteiger partial charge in [0.2, 0.25) is 0 Å². The minimum atomic E-state index is 0.366. The summed E-state index contributed by atoms with van der Waals surface area (Å²) in [7, 11) is 0. The van der Waals surface area contributed by atoms with Crippen molar-refractivity contribution in [2.45, 2.75) is 13.0 Å². The Bertz CT molecular complexity index is 264. The maximum Gasteiger partial charge on any atom is 0.0883 e. The van der Waals surface area contributed by atoms with Crippen molar-refractivity contribution >= 4 is 6.21 Å². The van der Waals surface area contributed by atoms with E-state index in [2.05, 4.69) is 29.8 Å². The Hall–Kier alpha value is -1.07. The number of fused-ring (bicyclic) bond motifs is 1. The van der Waals surface area contributed by atoms with Crippen LogP contribution in [0.4, 0.5) is 0 Å². The van der Waals surface area contributed by atoms with Gasteiger partial charge in [0.05, 0.1) is 6.04 Å². The summed E-state index contributed by atoms with van der Waals surface area (Å²) >= 11 is 0. The molecule has 0 bridgehead atoms. The minimum absolute atomic E-state index is 0.366. The topological polar surface area (TPSA) is 12.4 Å². The minimum Gasteiger partial charge on any atom is -0.284 e. The zero-order valence-corrected chi connectivity index (χ0v) is 5.91. The average molecular weight is 131 g/mol. The highest BCUT2D eigenvalue weighted by atomic mass is 14.8. The van der Waals surface area contributed by atoms with Crippen LogP contribution in [0.2, 0.25) is 0 Å². The van der Waals surface area contributed by atoms with Gasteiger partial charge in [-0.05, 0) is 24.6 Å². The van der Waals surface area contributed by atoms with Crippen LogP contribution in [0, 0.1) is 5.92 Å². The van der Waals surface area contributed by atoms with Gasteiger partial charge in [-0.25, -0.2) is 0 Å². The number of allylic oxidation sites excluding steroid dienone is 1. The highest BCUT2D eigenvalue weighted by molar-refractivity contribution is 5.73. The van der Waals surface area contributed by atoms with Gasteiger partial charge in [-0.2, -0.15) is 0 Å². The van der Waals surface area contributed by atoms with Crippen molar-refractivity contribution in [3.05, 3.63) is 29.5 Å². The van der Waals surface area contributed by atoms with Gasteiger partial charge in [-0.1, -0.05) is 6.08 Å². The van der Waals surface area contributed by atoms with Gasteiger partial charge < -0.3 is 0 Å². The summed E-state index contributed by atoms with van der Waals surface area (Å²) in [4.78, 5) is 4.33. The van der Waals surface area contributed by atoms with Crippen LogP contribution in [0.1, 0.15) is 6.92 Å². The average Bonchev–Trinajstić information content (AvgIpc) is 2.34. The largest absolute Gasteiger partial charge is 0.284 e. The third-order valence-electron chi connectivity index (χ3n) is 1.98. The Balaban J connectivity index is 2.34. The third-order valence-corrected chi connectivity index (χ3v) is 1.98. The first-order valence-corrected chi connectivity index (χ1v) is 3.51. The Morgan fingerprint density at radius 2 is 2.50 bits per heavy atom. The van der Waals surface area contributed by atoms with Gasteiger partial charge >= 0.3 is 0 Å². The lowest BCUT2D eigenvalue weighted by Gasteiger charge is -2.14. The van der Waals surface area contributed by atoms with Crippen LogP contribution in [-0.2, 0) is 0 Å². The summed E-state index contributed by atoms with van der Waals surface area (Å²) in [6, 6.07) is 0.366. The molecule has 1 heterocycles. The Kier molecular flexibility index (Phi) is 1.12.